The zero-order valence-electron chi connectivity index (χ0n) is 9.00. The van der Waals surface area contributed by atoms with Gasteiger partial charge in [-0.15, -0.1) is 0 Å². The molecule has 0 unspecified atom stereocenters. The molecule has 0 aromatic heterocycles. The lowest BCUT2D eigenvalue weighted by Crippen LogP contribution is -2.32. The van der Waals surface area contributed by atoms with Crippen LogP contribution in [0.3, 0.4) is 0 Å². The van der Waals surface area contributed by atoms with Gasteiger partial charge in [0.1, 0.15) is 6.04 Å². The molecule has 3 nitrogen and oxygen atoms in total. The number of carboxylic acids is 1. The highest BCUT2D eigenvalue weighted by atomic mass is 16.4. The first-order chi connectivity index (χ1) is 5.72. The molecule has 0 aliphatic heterocycles. The Morgan fingerprint density at radius 1 is 1.46 bits per heavy atom. The number of hydrogen-bond donors (Lipinski definition) is 2. The Morgan fingerprint density at radius 2 is 1.92 bits per heavy atom. The lowest BCUT2D eigenvalue weighted by Gasteiger charge is -2.24. The van der Waals surface area contributed by atoms with E-state index in [4.69, 9.17) is 10.8 Å². The van der Waals surface area contributed by atoms with Crippen LogP contribution in [0.2, 0.25) is 0 Å². The standard InChI is InChI=1S/C10H21NO2/c1-7(6-10(2,3)4)5-8(11)9(12)13/h7-8H,5-6,11H2,1-4H3,(H,12,13)/t7-,8-/m1/s1. The van der Waals surface area contributed by atoms with E-state index in [1.54, 1.807) is 0 Å². The first-order valence-corrected chi connectivity index (χ1v) is 4.71. The van der Waals surface area contributed by atoms with Gasteiger partial charge in [0.25, 0.3) is 0 Å². The Balaban J connectivity index is 3.88. The van der Waals surface area contributed by atoms with Crippen LogP contribution in [-0.2, 0) is 4.79 Å². The van der Waals surface area contributed by atoms with E-state index >= 15 is 0 Å². The second kappa shape index (κ2) is 4.61. The third-order valence-corrected chi connectivity index (χ3v) is 1.93. The lowest BCUT2D eigenvalue weighted by molar-refractivity contribution is -0.139. The first-order valence-electron chi connectivity index (χ1n) is 4.71. The molecule has 0 rings (SSSR count). The molecule has 78 valence electrons. The van der Waals surface area contributed by atoms with Crippen LogP contribution >= 0.6 is 0 Å². The molecule has 0 saturated carbocycles. The molecule has 0 amide bonds. The summed E-state index contributed by atoms with van der Waals surface area (Å²) in [6, 6.07) is -0.711. The van der Waals surface area contributed by atoms with E-state index in [0.717, 1.165) is 6.42 Å². The number of hydrogen-bond acceptors (Lipinski definition) is 2. The smallest absolute Gasteiger partial charge is 0.320 e. The molecule has 0 aromatic rings. The fourth-order valence-electron chi connectivity index (χ4n) is 1.66. The Kier molecular flexibility index (Phi) is 4.40. The van der Waals surface area contributed by atoms with Gasteiger partial charge in [0, 0.05) is 0 Å². The van der Waals surface area contributed by atoms with Crippen LogP contribution in [0.5, 0.6) is 0 Å². The van der Waals surface area contributed by atoms with E-state index < -0.39 is 12.0 Å². The summed E-state index contributed by atoms with van der Waals surface area (Å²) in [5.74, 6) is -0.535. The Hall–Kier alpha value is -0.570. The van der Waals surface area contributed by atoms with Gasteiger partial charge in [-0.25, -0.2) is 0 Å². The number of aliphatic carboxylic acids is 1. The first kappa shape index (κ1) is 12.4. The topological polar surface area (TPSA) is 63.3 Å². The van der Waals surface area contributed by atoms with Gasteiger partial charge in [-0.3, -0.25) is 4.79 Å². The van der Waals surface area contributed by atoms with E-state index in [2.05, 4.69) is 20.8 Å². The van der Waals surface area contributed by atoms with Crippen molar-refractivity contribution in [3.8, 4) is 0 Å². The summed E-state index contributed by atoms with van der Waals surface area (Å²) in [4.78, 5) is 10.5. The largest absolute Gasteiger partial charge is 0.480 e. The summed E-state index contributed by atoms with van der Waals surface area (Å²) in [6.45, 7) is 8.50. The highest BCUT2D eigenvalue weighted by molar-refractivity contribution is 5.72. The van der Waals surface area contributed by atoms with Crippen molar-refractivity contribution in [2.45, 2.75) is 46.6 Å². The van der Waals surface area contributed by atoms with Gasteiger partial charge in [0.15, 0.2) is 0 Å². The normalized spacial score (nSPS) is 16.7. The van der Waals surface area contributed by atoms with Crippen molar-refractivity contribution in [3.63, 3.8) is 0 Å². The average Bonchev–Trinajstić information content (AvgIpc) is 1.81. The van der Waals surface area contributed by atoms with Crippen LogP contribution in [0.4, 0.5) is 0 Å². The van der Waals surface area contributed by atoms with E-state index in [0.29, 0.717) is 12.3 Å². The highest BCUT2D eigenvalue weighted by Crippen LogP contribution is 2.26. The lowest BCUT2D eigenvalue weighted by atomic mass is 9.83. The molecule has 0 bridgehead atoms. The molecule has 0 aliphatic carbocycles. The molecule has 0 heterocycles. The summed E-state index contributed by atoms with van der Waals surface area (Å²) in [5.41, 5.74) is 5.68. The monoisotopic (exact) mass is 187 g/mol. The van der Waals surface area contributed by atoms with Crippen LogP contribution in [0, 0.1) is 11.3 Å². The molecule has 0 radical (unpaired) electrons. The molecular formula is C10H21NO2. The highest BCUT2D eigenvalue weighted by Gasteiger charge is 2.20. The summed E-state index contributed by atoms with van der Waals surface area (Å²) in [7, 11) is 0. The minimum Gasteiger partial charge on any atom is -0.480 e. The maximum Gasteiger partial charge on any atom is 0.320 e. The average molecular weight is 187 g/mol. The van der Waals surface area contributed by atoms with Crippen molar-refractivity contribution in [2.24, 2.45) is 17.1 Å². The summed E-state index contributed by atoms with van der Waals surface area (Å²) in [5, 5.41) is 8.60. The summed E-state index contributed by atoms with van der Waals surface area (Å²) in [6.07, 6.45) is 1.57. The van der Waals surface area contributed by atoms with Gasteiger partial charge in [-0.1, -0.05) is 27.7 Å². The van der Waals surface area contributed by atoms with Gasteiger partial charge in [0.2, 0.25) is 0 Å². The van der Waals surface area contributed by atoms with Crippen molar-refractivity contribution in [1.82, 2.24) is 0 Å². The minimum absolute atomic E-state index is 0.248. The fourth-order valence-corrected chi connectivity index (χ4v) is 1.66. The molecule has 3 heteroatoms. The molecule has 3 N–H and O–H groups in total. The summed E-state index contributed by atoms with van der Waals surface area (Å²) >= 11 is 0. The van der Waals surface area contributed by atoms with Gasteiger partial charge in [0.05, 0.1) is 0 Å². The van der Waals surface area contributed by atoms with Gasteiger partial charge < -0.3 is 10.8 Å². The second-order valence-electron chi connectivity index (χ2n) is 5.05. The third-order valence-electron chi connectivity index (χ3n) is 1.93. The van der Waals surface area contributed by atoms with E-state index in [1.807, 2.05) is 6.92 Å². The van der Waals surface area contributed by atoms with Gasteiger partial charge in [-0.2, -0.15) is 0 Å². The minimum atomic E-state index is -0.902. The number of rotatable bonds is 4. The molecule has 0 saturated heterocycles. The van der Waals surface area contributed by atoms with Gasteiger partial charge in [-0.05, 0) is 24.2 Å². The quantitative estimate of drug-likeness (QED) is 0.706. The molecule has 0 fully saturated rings. The Labute approximate surface area is 80.3 Å². The predicted molar refractivity (Wildman–Crippen MR) is 53.5 cm³/mol. The number of carboxylic acid groups (broad SMARTS) is 1. The van der Waals surface area contributed by atoms with Crippen LogP contribution in [0.25, 0.3) is 0 Å². The van der Waals surface area contributed by atoms with Crippen molar-refractivity contribution in [2.75, 3.05) is 0 Å². The predicted octanol–water partition coefficient (Wildman–Crippen LogP) is 1.86. The molecule has 0 aromatic carbocycles. The van der Waals surface area contributed by atoms with Gasteiger partial charge >= 0.3 is 5.97 Å². The van der Waals surface area contributed by atoms with Crippen LogP contribution in [0.1, 0.15) is 40.5 Å². The van der Waals surface area contributed by atoms with Crippen LogP contribution in [0.15, 0.2) is 0 Å². The van der Waals surface area contributed by atoms with Crippen molar-refractivity contribution in [3.05, 3.63) is 0 Å². The van der Waals surface area contributed by atoms with E-state index in [1.165, 1.54) is 0 Å². The molecule has 2 atom stereocenters. The molecule has 0 spiro atoms. The van der Waals surface area contributed by atoms with Crippen molar-refractivity contribution < 1.29 is 9.90 Å². The fraction of sp³-hybridized carbons (Fsp3) is 0.900. The van der Waals surface area contributed by atoms with Crippen LogP contribution < -0.4 is 5.73 Å². The van der Waals surface area contributed by atoms with E-state index in [-0.39, 0.29) is 5.41 Å². The third kappa shape index (κ3) is 6.58. The van der Waals surface area contributed by atoms with Crippen molar-refractivity contribution >= 4 is 5.97 Å². The maximum atomic E-state index is 10.5. The van der Waals surface area contributed by atoms with Crippen molar-refractivity contribution in [1.29, 1.82) is 0 Å². The SMILES string of the molecule is C[C@H](C[C@@H](N)C(=O)O)CC(C)(C)C. The zero-order valence-corrected chi connectivity index (χ0v) is 9.00. The Morgan fingerprint density at radius 3 is 2.23 bits per heavy atom. The molecule has 13 heavy (non-hydrogen) atoms. The molecular weight excluding hydrogens is 166 g/mol. The second-order valence-corrected chi connectivity index (χ2v) is 5.05. The number of carbonyl (C=O) groups is 1. The zero-order chi connectivity index (χ0) is 10.6. The summed E-state index contributed by atoms with van der Waals surface area (Å²) < 4.78 is 0. The molecule has 0 aliphatic rings. The number of nitrogens with two attached hydrogens (primary N) is 1. The maximum absolute atomic E-state index is 10.5. The van der Waals surface area contributed by atoms with Crippen LogP contribution in [-0.4, -0.2) is 17.1 Å². The van der Waals surface area contributed by atoms with E-state index in [9.17, 15) is 4.79 Å². The Bertz CT molecular complexity index is 172.